The maximum absolute atomic E-state index is 10.9. The number of carbonyl (C=O) groups excluding carboxylic acids is 2. The monoisotopic (exact) mass is 240 g/mol. The van der Waals surface area contributed by atoms with Crippen LogP contribution >= 0.6 is 23.2 Å². The number of hydrogen-bond donors (Lipinski definition) is 2. The molecule has 2 atom stereocenters. The van der Waals surface area contributed by atoms with E-state index in [-0.39, 0.29) is 11.8 Å². The quantitative estimate of drug-likeness (QED) is 0.543. The summed E-state index contributed by atoms with van der Waals surface area (Å²) in [7, 11) is 0. The Morgan fingerprint density at radius 2 is 1.29 bits per heavy atom. The summed E-state index contributed by atoms with van der Waals surface area (Å²) in [4.78, 5) is 21.9. The number of halogens is 2. The Balaban J connectivity index is 3.48. The van der Waals surface area contributed by atoms with Crippen LogP contribution in [-0.2, 0) is 9.59 Å². The Bertz CT molecular complexity index is 186. The fourth-order valence-corrected chi connectivity index (χ4v) is 0.807. The number of amides is 2. The van der Waals surface area contributed by atoms with Crippen molar-refractivity contribution < 1.29 is 9.59 Å². The first-order valence-electron chi connectivity index (χ1n) is 4.28. The van der Waals surface area contributed by atoms with E-state index < -0.39 is 10.8 Å². The highest BCUT2D eigenvalue weighted by Crippen LogP contribution is 1.92. The van der Waals surface area contributed by atoms with E-state index in [9.17, 15) is 9.59 Å². The van der Waals surface area contributed by atoms with E-state index in [1.54, 1.807) is 13.8 Å². The van der Waals surface area contributed by atoms with Crippen LogP contribution in [0.25, 0.3) is 0 Å². The second kappa shape index (κ2) is 6.90. The van der Waals surface area contributed by atoms with Crippen LogP contribution in [0.15, 0.2) is 0 Å². The molecular weight excluding hydrogens is 227 g/mol. The Hall–Kier alpha value is -0.480. The number of rotatable bonds is 5. The van der Waals surface area contributed by atoms with E-state index in [2.05, 4.69) is 10.6 Å². The van der Waals surface area contributed by atoms with Crippen LogP contribution in [0.3, 0.4) is 0 Å². The molecule has 0 fully saturated rings. The highest BCUT2D eigenvalue weighted by Gasteiger charge is 2.09. The van der Waals surface area contributed by atoms with Crippen LogP contribution in [-0.4, -0.2) is 35.7 Å². The number of alkyl halides is 2. The van der Waals surface area contributed by atoms with Gasteiger partial charge in [-0.3, -0.25) is 9.59 Å². The maximum Gasteiger partial charge on any atom is 0.237 e. The smallest absolute Gasteiger partial charge is 0.237 e. The summed E-state index contributed by atoms with van der Waals surface area (Å²) in [6, 6.07) is 0. The molecule has 82 valence electrons. The molecule has 0 saturated heterocycles. The predicted octanol–water partition coefficient (Wildman–Crippen LogP) is 0.473. The lowest BCUT2D eigenvalue weighted by Gasteiger charge is -2.08. The summed E-state index contributed by atoms with van der Waals surface area (Å²) >= 11 is 11.0. The van der Waals surface area contributed by atoms with Gasteiger partial charge in [0.05, 0.1) is 0 Å². The fourth-order valence-electron chi connectivity index (χ4n) is 0.653. The minimum absolute atomic E-state index is 0.250. The zero-order chi connectivity index (χ0) is 11.1. The van der Waals surface area contributed by atoms with Crippen molar-refractivity contribution in [2.75, 3.05) is 13.1 Å². The Morgan fingerprint density at radius 3 is 1.50 bits per heavy atom. The zero-order valence-corrected chi connectivity index (χ0v) is 9.65. The van der Waals surface area contributed by atoms with Crippen molar-refractivity contribution in [3.05, 3.63) is 0 Å². The summed E-state index contributed by atoms with van der Waals surface area (Å²) in [5.74, 6) is -0.500. The van der Waals surface area contributed by atoms with E-state index in [0.29, 0.717) is 13.1 Å². The first kappa shape index (κ1) is 13.5. The van der Waals surface area contributed by atoms with Crippen molar-refractivity contribution in [1.82, 2.24) is 10.6 Å². The minimum Gasteiger partial charge on any atom is -0.353 e. The van der Waals surface area contributed by atoms with Gasteiger partial charge in [-0.05, 0) is 13.8 Å². The van der Waals surface area contributed by atoms with E-state index in [4.69, 9.17) is 23.2 Å². The molecule has 0 aromatic rings. The molecule has 0 aliphatic heterocycles. The van der Waals surface area contributed by atoms with Crippen LogP contribution in [0.5, 0.6) is 0 Å². The van der Waals surface area contributed by atoms with Gasteiger partial charge in [-0.25, -0.2) is 0 Å². The second-order valence-corrected chi connectivity index (χ2v) is 4.12. The maximum atomic E-state index is 10.9. The molecule has 2 amide bonds. The lowest BCUT2D eigenvalue weighted by atomic mass is 10.4. The second-order valence-electron chi connectivity index (χ2n) is 2.81. The molecule has 0 aromatic carbocycles. The van der Waals surface area contributed by atoms with Crippen molar-refractivity contribution in [1.29, 1.82) is 0 Å². The van der Waals surface area contributed by atoms with Gasteiger partial charge in [0.1, 0.15) is 10.8 Å². The van der Waals surface area contributed by atoms with Crippen molar-refractivity contribution in [2.45, 2.75) is 24.6 Å². The Labute approximate surface area is 93.3 Å². The highest BCUT2D eigenvalue weighted by atomic mass is 35.5. The molecular formula is C8H14Cl2N2O2. The van der Waals surface area contributed by atoms with Crippen LogP contribution in [0.1, 0.15) is 13.8 Å². The molecule has 0 aromatic heterocycles. The average molecular weight is 241 g/mol. The van der Waals surface area contributed by atoms with Gasteiger partial charge in [0.2, 0.25) is 11.8 Å². The molecule has 0 rings (SSSR count). The summed E-state index contributed by atoms with van der Waals surface area (Å²) < 4.78 is 0. The van der Waals surface area contributed by atoms with Crippen LogP contribution < -0.4 is 10.6 Å². The average Bonchev–Trinajstić information content (AvgIpc) is 2.11. The summed E-state index contributed by atoms with van der Waals surface area (Å²) in [6.45, 7) is 3.86. The molecule has 0 spiro atoms. The molecule has 6 heteroatoms. The number of hydrogen-bond acceptors (Lipinski definition) is 2. The third-order valence-corrected chi connectivity index (χ3v) is 1.84. The first-order chi connectivity index (χ1) is 6.45. The number of nitrogens with one attached hydrogen (secondary N) is 2. The molecule has 0 aliphatic carbocycles. The lowest BCUT2D eigenvalue weighted by molar-refractivity contribution is -0.122. The molecule has 0 heterocycles. The Morgan fingerprint density at radius 1 is 1.00 bits per heavy atom. The van der Waals surface area contributed by atoms with Crippen molar-refractivity contribution in [3.63, 3.8) is 0 Å². The molecule has 0 saturated carbocycles. The van der Waals surface area contributed by atoms with Gasteiger partial charge in [0.15, 0.2) is 0 Å². The lowest BCUT2D eigenvalue weighted by Crippen LogP contribution is -2.39. The van der Waals surface area contributed by atoms with E-state index in [1.165, 1.54) is 0 Å². The molecule has 4 nitrogen and oxygen atoms in total. The van der Waals surface area contributed by atoms with Gasteiger partial charge in [0, 0.05) is 13.1 Å². The highest BCUT2D eigenvalue weighted by molar-refractivity contribution is 6.30. The van der Waals surface area contributed by atoms with Gasteiger partial charge >= 0.3 is 0 Å². The van der Waals surface area contributed by atoms with Gasteiger partial charge in [-0.2, -0.15) is 0 Å². The standard InChI is InChI=1S/C8H14Cl2N2O2/c1-5(9)7(13)11-3-4-12-8(14)6(2)10/h5-6H,3-4H2,1-2H3,(H,11,13)(H,12,14). The summed E-state index contributed by atoms with van der Waals surface area (Å²) in [6.07, 6.45) is 0. The minimum atomic E-state index is -0.558. The Kier molecular flexibility index (Phi) is 6.66. The third-order valence-electron chi connectivity index (χ3n) is 1.45. The number of carbonyl (C=O) groups is 2. The summed E-state index contributed by atoms with van der Waals surface area (Å²) in [5, 5.41) is 3.98. The van der Waals surface area contributed by atoms with Gasteiger partial charge in [0.25, 0.3) is 0 Å². The fraction of sp³-hybridized carbons (Fsp3) is 0.750. The van der Waals surface area contributed by atoms with Gasteiger partial charge in [-0.1, -0.05) is 0 Å². The van der Waals surface area contributed by atoms with Gasteiger partial charge in [-0.15, -0.1) is 23.2 Å². The predicted molar refractivity (Wildman–Crippen MR) is 56.6 cm³/mol. The van der Waals surface area contributed by atoms with Crippen molar-refractivity contribution in [2.24, 2.45) is 0 Å². The first-order valence-corrected chi connectivity index (χ1v) is 5.16. The molecule has 0 bridgehead atoms. The zero-order valence-electron chi connectivity index (χ0n) is 8.14. The SMILES string of the molecule is CC(Cl)C(=O)NCCNC(=O)C(C)Cl. The topological polar surface area (TPSA) is 58.2 Å². The third kappa shape index (κ3) is 6.05. The van der Waals surface area contributed by atoms with Crippen LogP contribution in [0.2, 0.25) is 0 Å². The van der Waals surface area contributed by atoms with E-state index >= 15 is 0 Å². The summed E-state index contributed by atoms with van der Waals surface area (Å²) in [5.41, 5.74) is 0. The van der Waals surface area contributed by atoms with Crippen molar-refractivity contribution >= 4 is 35.0 Å². The molecule has 2 N–H and O–H groups in total. The molecule has 0 radical (unpaired) electrons. The molecule has 0 aliphatic rings. The van der Waals surface area contributed by atoms with E-state index in [0.717, 1.165) is 0 Å². The van der Waals surface area contributed by atoms with Gasteiger partial charge < -0.3 is 10.6 Å². The normalized spacial score (nSPS) is 14.3. The largest absolute Gasteiger partial charge is 0.353 e. The van der Waals surface area contributed by atoms with Crippen molar-refractivity contribution in [3.8, 4) is 0 Å². The molecule has 14 heavy (non-hydrogen) atoms. The van der Waals surface area contributed by atoms with Crippen LogP contribution in [0, 0.1) is 0 Å². The van der Waals surface area contributed by atoms with Crippen LogP contribution in [0.4, 0.5) is 0 Å². The molecule has 2 unspecified atom stereocenters. The van der Waals surface area contributed by atoms with E-state index in [1.807, 2.05) is 0 Å².